The standard InChI is InChI=1S/C17H26N2O/c1-13-6-3-4-7-15(13)9-10-17(20)19-11-5-8-16(12-19)14(2)18/h3-4,6-7,14,16H,5,8-12,18H2,1-2H3. The maximum Gasteiger partial charge on any atom is 0.222 e. The highest BCUT2D eigenvalue weighted by molar-refractivity contribution is 5.76. The van der Waals surface area contributed by atoms with Gasteiger partial charge in [0.1, 0.15) is 0 Å². The average molecular weight is 274 g/mol. The quantitative estimate of drug-likeness (QED) is 0.917. The van der Waals surface area contributed by atoms with E-state index in [9.17, 15) is 4.79 Å². The van der Waals surface area contributed by atoms with Crippen molar-refractivity contribution in [2.45, 2.75) is 45.6 Å². The van der Waals surface area contributed by atoms with Gasteiger partial charge in [-0.25, -0.2) is 0 Å². The van der Waals surface area contributed by atoms with Crippen molar-refractivity contribution in [3.8, 4) is 0 Å². The number of carbonyl (C=O) groups excluding carboxylic acids is 1. The van der Waals surface area contributed by atoms with Crippen LogP contribution in [0.2, 0.25) is 0 Å². The molecule has 1 amide bonds. The molecule has 2 rings (SSSR count). The molecule has 3 nitrogen and oxygen atoms in total. The van der Waals surface area contributed by atoms with Crippen molar-refractivity contribution in [2.24, 2.45) is 11.7 Å². The van der Waals surface area contributed by atoms with Crippen LogP contribution >= 0.6 is 0 Å². The Bertz CT molecular complexity index is 456. The summed E-state index contributed by atoms with van der Waals surface area (Å²) in [6, 6.07) is 8.48. The zero-order valence-electron chi connectivity index (χ0n) is 12.6. The number of benzene rings is 1. The van der Waals surface area contributed by atoms with Crippen LogP contribution in [-0.2, 0) is 11.2 Å². The van der Waals surface area contributed by atoms with Crippen LogP contribution in [0.4, 0.5) is 0 Å². The van der Waals surface area contributed by atoms with Crippen LogP contribution in [0.25, 0.3) is 0 Å². The molecule has 0 spiro atoms. The Hall–Kier alpha value is -1.35. The molecule has 2 N–H and O–H groups in total. The van der Waals surface area contributed by atoms with E-state index in [1.54, 1.807) is 0 Å². The van der Waals surface area contributed by atoms with Crippen LogP contribution in [0, 0.1) is 12.8 Å². The number of hydrogen-bond acceptors (Lipinski definition) is 2. The summed E-state index contributed by atoms with van der Waals surface area (Å²) in [4.78, 5) is 14.3. The third kappa shape index (κ3) is 3.83. The summed E-state index contributed by atoms with van der Waals surface area (Å²) < 4.78 is 0. The fourth-order valence-corrected chi connectivity index (χ4v) is 2.96. The first kappa shape index (κ1) is 15.0. The second-order valence-electron chi connectivity index (χ2n) is 6.03. The summed E-state index contributed by atoms with van der Waals surface area (Å²) >= 11 is 0. The minimum atomic E-state index is 0.182. The second-order valence-corrected chi connectivity index (χ2v) is 6.03. The van der Waals surface area contributed by atoms with Gasteiger partial charge in [0.2, 0.25) is 5.91 Å². The van der Waals surface area contributed by atoms with Gasteiger partial charge in [0, 0.05) is 25.6 Å². The van der Waals surface area contributed by atoms with Crippen molar-refractivity contribution in [3.63, 3.8) is 0 Å². The summed E-state index contributed by atoms with van der Waals surface area (Å²) in [6.45, 7) is 5.89. The van der Waals surface area contributed by atoms with Crippen LogP contribution < -0.4 is 5.73 Å². The number of carbonyl (C=O) groups is 1. The molecule has 1 aromatic carbocycles. The number of hydrogen-bond donors (Lipinski definition) is 1. The molecule has 1 fully saturated rings. The van der Waals surface area contributed by atoms with Crippen LogP contribution in [0.15, 0.2) is 24.3 Å². The zero-order chi connectivity index (χ0) is 14.5. The molecular weight excluding hydrogens is 248 g/mol. The molecular formula is C17H26N2O. The minimum absolute atomic E-state index is 0.182. The summed E-state index contributed by atoms with van der Waals surface area (Å²) in [5, 5.41) is 0. The molecule has 1 heterocycles. The fraction of sp³-hybridized carbons (Fsp3) is 0.588. The van der Waals surface area contributed by atoms with Crippen LogP contribution in [-0.4, -0.2) is 29.9 Å². The van der Waals surface area contributed by atoms with Crippen molar-refractivity contribution in [2.75, 3.05) is 13.1 Å². The molecule has 2 unspecified atom stereocenters. The first-order valence-electron chi connectivity index (χ1n) is 7.66. The van der Waals surface area contributed by atoms with Gasteiger partial charge >= 0.3 is 0 Å². The van der Waals surface area contributed by atoms with E-state index in [1.807, 2.05) is 24.0 Å². The zero-order valence-corrected chi connectivity index (χ0v) is 12.6. The highest BCUT2D eigenvalue weighted by Gasteiger charge is 2.25. The Labute approximate surface area is 122 Å². The normalized spacial score (nSPS) is 20.8. The first-order chi connectivity index (χ1) is 9.58. The smallest absolute Gasteiger partial charge is 0.222 e. The average Bonchev–Trinajstić information content (AvgIpc) is 2.46. The van der Waals surface area contributed by atoms with Gasteiger partial charge in [0.25, 0.3) is 0 Å². The Morgan fingerprint density at radius 2 is 2.20 bits per heavy atom. The summed E-state index contributed by atoms with van der Waals surface area (Å²) in [5.41, 5.74) is 8.53. The van der Waals surface area contributed by atoms with Gasteiger partial charge in [-0.05, 0) is 50.2 Å². The lowest BCUT2D eigenvalue weighted by molar-refractivity contribution is -0.133. The van der Waals surface area contributed by atoms with Crippen molar-refractivity contribution < 1.29 is 4.79 Å². The molecule has 1 aliphatic heterocycles. The maximum atomic E-state index is 12.3. The third-order valence-corrected chi connectivity index (χ3v) is 4.42. The predicted molar refractivity (Wildman–Crippen MR) is 82.5 cm³/mol. The molecule has 20 heavy (non-hydrogen) atoms. The van der Waals surface area contributed by atoms with E-state index in [2.05, 4.69) is 19.1 Å². The Morgan fingerprint density at radius 1 is 1.45 bits per heavy atom. The van der Waals surface area contributed by atoms with Crippen molar-refractivity contribution in [3.05, 3.63) is 35.4 Å². The number of amides is 1. The van der Waals surface area contributed by atoms with E-state index >= 15 is 0 Å². The monoisotopic (exact) mass is 274 g/mol. The molecule has 2 atom stereocenters. The van der Waals surface area contributed by atoms with Gasteiger partial charge in [0.15, 0.2) is 0 Å². The predicted octanol–water partition coefficient (Wildman–Crippen LogP) is 2.51. The van der Waals surface area contributed by atoms with E-state index in [0.29, 0.717) is 12.3 Å². The molecule has 3 heteroatoms. The van der Waals surface area contributed by atoms with Crippen LogP contribution in [0.3, 0.4) is 0 Å². The summed E-state index contributed by atoms with van der Waals surface area (Å²) in [7, 11) is 0. The lowest BCUT2D eigenvalue weighted by Gasteiger charge is -2.34. The number of piperidine rings is 1. The van der Waals surface area contributed by atoms with Gasteiger partial charge in [-0.1, -0.05) is 24.3 Å². The number of nitrogens with two attached hydrogens (primary N) is 1. The SMILES string of the molecule is Cc1ccccc1CCC(=O)N1CCCC(C(C)N)C1. The van der Waals surface area contributed by atoms with E-state index < -0.39 is 0 Å². The molecule has 0 aliphatic carbocycles. The van der Waals surface area contributed by atoms with Gasteiger partial charge in [-0.2, -0.15) is 0 Å². The molecule has 1 aromatic rings. The van der Waals surface area contributed by atoms with E-state index in [0.717, 1.165) is 32.4 Å². The molecule has 0 radical (unpaired) electrons. The maximum absolute atomic E-state index is 12.3. The molecule has 110 valence electrons. The van der Waals surface area contributed by atoms with Gasteiger partial charge in [0.05, 0.1) is 0 Å². The molecule has 1 aliphatic rings. The lowest BCUT2D eigenvalue weighted by Crippen LogP contribution is -2.45. The second kappa shape index (κ2) is 6.89. The van der Waals surface area contributed by atoms with E-state index in [-0.39, 0.29) is 11.9 Å². The highest BCUT2D eigenvalue weighted by atomic mass is 16.2. The number of nitrogens with zero attached hydrogens (tertiary/aromatic N) is 1. The van der Waals surface area contributed by atoms with Crippen molar-refractivity contribution >= 4 is 5.91 Å². The Balaban J connectivity index is 1.87. The molecule has 0 bridgehead atoms. The summed E-state index contributed by atoms with van der Waals surface area (Å²) in [6.07, 6.45) is 3.68. The van der Waals surface area contributed by atoms with Gasteiger partial charge in [-0.3, -0.25) is 4.79 Å². The largest absolute Gasteiger partial charge is 0.342 e. The molecule has 0 saturated carbocycles. The van der Waals surface area contributed by atoms with Gasteiger partial charge < -0.3 is 10.6 Å². The highest BCUT2D eigenvalue weighted by Crippen LogP contribution is 2.20. The molecule has 1 saturated heterocycles. The third-order valence-electron chi connectivity index (χ3n) is 4.42. The fourth-order valence-electron chi connectivity index (χ4n) is 2.96. The Morgan fingerprint density at radius 3 is 2.90 bits per heavy atom. The van der Waals surface area contributed by atoms with Gasteiger partial charge in [-0.15, -0.1) is 0 Å². The number of rotatable bonds is 4. The topological polar surface area (TPSA) is 46.3 Å². The molecule has 0 aromatic heterocycles. The van der Waals surface area contributed by atoms with Crippen LogP contribution in [0.1, 0.15) is 37.3 Å². The minimum Gasteiger partial charge on any atom is -0.342 e. The summed E-state index contributed by atoms with van der Waals surface area (Å²) in [5.74, 6) is 0.741. The lowest BCUT2D eigenvalue weighted by atomic mass is 9.92. The number of aryl methyl sites for hydroxylation is 2. The van der Waals surface area contributed by atoms with Crippen LogP contribution in [0.5, 0.6) is 0 Å². The Kier molecular flexibility index (Phi) is 5.18. The number of likely N-dealkylation sites (tertiary alicyclic amines) is 1. The first-order valence-corrected chi connectivity index (χ1v) is 7.66. The van der Waals surface area contributed by atoms with Crippen molar-refractivity contribution in [1.29, 1.82) is 0 Å². The van der Waals surface area contributed by atoms with E-state index in [1.165, 1.54) is 11.1 Å². The van der Waals surface area contributed by atoms with E-state index in [4.69, 9.17) is 5.73 Å². The van der Waals surface area contributed by atoms with Crippen molar-refractivity contribution in [1.82, 2.24) is 4.90 Å².